The van der Waals surface area contributed by atoms with Gasteiger partial charge in [-0.2, -0.15) is 0 Å². The standard InChI is InChI=1S/C26H35N3O4S/c1-2-33-26(32)22-23(27-13-15-28(16-14-27)24(30)21-12-7-17-34-21)19-10-5-6-11-20(19)29(25(22)31)18-8-3-4-9-18/h7,12,17-20H,2-6,8-11,13-16H2,1H3. The number of esters is 1. The van der Waals surface area contributed by atoms with E-state index in [4.69, 9.17) is 4.74 Å². The van der Waals surface area contributed by atoms with Crippen molar-refractivity contribution in [3.05, 3.63) is 33.7 Å². The predicted molar refractivity (Wildman–Crippen MR) is 130 cm³/mol. The second kappa shape index (κ2) is 10.1. The third kappa shape index (κ3) is 4.25. The zero-order chi connectivity index (χ0) is 23.7. The Morgan fingerprint density at radius 2 is 1.74 bits per heavy atom. The van der Waals surface area contributed by atoms with E-state index in [1.54, 1.807) is 6.92 Å². The van der Waals surface area contributed by atoms with Crippen molar-refractivity contribution in [3.8, 4) is 0 Å². The second-order valence-corrected chi connectivity index (χ2v) is 10.8. The van der Waals surface area contributed by atoms with Gasteiger partial charge in [0.05, 0.1) is 11.5 Å². The van der Waals surface area contributed by atoms with Crippen molar-refractivity contribution in [2.24, 2.45) is 5.92 Å². The number of ether oxygens (including phenoxy) is 1. The first kappa shape index (κ1) is 23.4. The molecule has 2 aliphatic carbocycles. The van der Waals surface area contributed by atoms with Gasteiger partial charge in [0.15, 0.2) is 0 Å². The lowest BCUT2D eigenvalue weighted by Crippen LogP contribution is -2.59. The lowest BCUT2D eigenvalue weighted by atomic mass is 9.75. The average Bonchev–Trinajstić information content (AvgIpc) is 3.58. The number of carbonyl (C=O) groups is 3. The van der Waals surface area contributed by atoms with Gasteiger partial charge in [0.2, 0.25) is 0 Å². The van der Waals surface area contributed by atoms with Crippen LogP contribution >= 0.6 is 11.3 Å². The summed E-state index contributed by atoms with van der Waals surface area (Å²) in [5.41, 5.74) is 1.15. The van der Waals surface area contributed by atoms with E-state index in [1.165, 1.54) is 11.3 Å². The zero-order valence-electron chi connectivity index (χ0n) is 20.0. The molecule has 2 saturated carbocycles. The third-order valence-corrected chi connectivity index (χ3v) is 8.84. The number of nitrogens with zero attached hydrogens (tertiary/aromatic N) is 3. The van der Waals surface area contributed by atoms with Crippen LogP contribution in [0, 0.1) is 5.92 Å². The van der Waals surface area contributed by atoms with E-state index in [0.29, 0.717) is 26.2 Å². The van der Waals surface area contributed by atoms with E-state index in [9.17, 15) is 14.4 Å². The molecule has 3 heterocycles. The molecule has 2 amide bonds. The van der Waals surface area contributed by atoms with E-state index < -0.39 is 5.97 Å². The fraction of sp³-hybridized carbons (Fsp3) is 0.654. The second-order valence-electron chi connectivity index (χ2n) is 9.85. The van der Waals surface area contributed by atoms with Crippen LogP contribution in [0.2, 0.25) is 0 Å². The topological polar surface area (TPSA) is 70.2 Å². The molecule has 2 aliphatic heterocycles. The maximum Gasteiger partial charge on any atom is 0.345 e. The van der Waals surface area contributed by atoms with E-state index in [1.807, 2.05) is 22.4 Å². The first-order chi connectivity index (χ1) is 16.6. The highest BCUT2D eigenvalue weighted by Gasteiger charge is 2.49. The molecule has 2 unspecified atom stereocenters. The summed E-state index contributed by atoms with van der Waals surface area (Å²) in [6.45, 7) is 4.50. The molecule has 0 N–H and O–H groups in total. The largest absolute Gasteiger partial charge is 0.462 e. The molecule has 1 aromatic rings. The highest BCUT2D eigenvalue weighted by molar-refractivity contribution is 7.12. The monoisotopic (exact) mass is 485 g/mol. The van der Waals surface area contributed by atoms with Gasteiger partial charge in [0.25, 0.3) is 11.8 Å². The number of hydrogen-bond donors (Lipinski definition) is 0. The zero-order valence-corrected chi connectivity index (χ0v) is 20.9. The Morgan fingerprint density at radius 1 is 1.03 bits per heavy atom. The normalized spacial score (nSPS) is 26.1. The number of hydrogen-bond acceptors (Lipinski definition) is 6. The molecule has 0 spiro atoms. The number of carbonyl (C=O) groups excluding carboxylic acids is 3. The minimum Gasteiger partial charge on any atom is -0.462 e. The molecule has 7 nitrogen and oxygen atoms in total. The molecule has 2 atom stereocenters. The molecule has 5 rings (SSSR count). The van der Waals surface area contributed by atoms with Crippen LogP contribution in [0.5, 0.6) is 0 Å². The highest BCUT2D eigenvalue weighted by Crippen LogP contribution is 2.44. The van der Waals surface area contributed by atoms with Crippen LogP contribution in [0.15, 0.2) is 28.8 Å². The van der Waals surface area contributed by atoms with Crippen molar-refractivity contribution in [1.82, 2.24) is 14.7 Å². The van der Waals surface area contributed by atoms with Crippen molar-refractivity contribution in [3.63, 3.8) is 0 Å². The summed E-state index contributed by atoms with van der Waals surface area (Å²) < 4.78 is 5.44. The summed E-state index contributed by atoms with van der Waals surface area (Å²) in [7, 11) is 0. The van der Waals surface area contributed by atoms with Gasteiger partial charge in [-0.15, -0.1) is 11.3 Å². The van der Waals surface area contributed by atoms with Crippen LogP contribution in [0.4, 0.5) is 0 Å². The molecular formula is C26H35N3O4S. The SMILES string of the molecule is CCOC(=O)C1=C(N2CCN(C(=O)c3cccs3)CC2)C2CCCCC2N(C2CCCC2)C1=O. The molecule has 8 heteroatoms. The van der Waals surface area contributed by atoms with E-state index in [2.05, 4.69) is 9.80 Å². The smallest absolute Gasteiger partial charge is 0.345 e. The Bertz CT molecular complexity index is 945. The molecule has 184 valence electrons. The van der Waals surface area contributed by atoms with Crippen LogP contribution in [-0.4, -0.2) is 77.4 Å². The fourth-order valence-electron chi connectivity index (χ4n) is 6.45. The molecule has 0 bridgehead atoms. The Hall–Kier alpha value is -2.35. The lowest BCUT2D eigenvalue weighted by Gasteiger charge is -2.51. The summed E-state index contributed by atoms with van der Waals surface area (Å²) in [4.78, 5) is 46.9. The molecule has 34 heavy (non-hydrogen) atoms. The van der Waals surface area contributed by atoms with Crippen LogP contribution in [0.3, 0.4) is 0 Å². The maximum absolute atomic E-state index is 13.9. The maximum atomic E-state index is 13.9. The first-order valence-electron chi connectivity index (χ1n) is 12.9. The van der Waals surface area contributed by atoms with Crippen molar-refractivity contribution in [1.29, 1.82) is 0 Å². The minimum absolute atomic E-state index is 0.0666. The Kier molecular flexibility index (Phi) is 6.95. The fourth-order valence-corrected chi connectivity index (χ4v) is 7.14. The lowest BCUT2D eigenvalue weighted by molar-refractivity contribution is -0.146. The quantitative estimate of drug-likeness (QED) is 0.470. The van der Waals surface area contributed by atoms with Crippen LogP contribution in [-0.2, 0) is 14.3 Å². The Labute approximate surface area is 205 Å². The Morgan fingerprint density at radius 3 is 2.41 bits per heavy atom. The van der Waals surface area contributed by atoms with Crippen LogP contribution in [0.25, 0.3) is 0 Å². The number of amides is 2. The van der Waals surface area contributed by atoms with E-state index in [0.717, 1.165) is 61.9 Å². The summed E-state index contributed by atoms with van der Waals surface area (Å²) in [6, 6.07) is 4.18. The summed E-state index contributed by atoms with van der Waals surface area (Å²) >= 11 is 1.47. The third-order valence-electron chi connectivity index (χ3n) is 7.98. The molecule has 1 aromatic heterocycles. The number of fused-ring (bicyclic) bond motifs is 1. The number of piperazine rings is 1. The van der Waals surface area contributed by atoms with Crippen molar-refractivity contribution < 1.29 is 19.1 Å². The van der Waals surface area contributed by atoms with E-state index in [-0.39, 0.29) is 42.0 Å². The van der Waals surface area contributed by atoms with Gasteiger partial charge < -0.3 is 19.4 Å². The molecular weight excluding hydrogens is 450 g/mol. The summed E-state index contributed by atoms with van der Waals surface area (Å²) in [6.07, 6.45) is 8.60. The van der Waals surface area contributed by atoms with Gasteiger partial charge >= 0.3 is 5.97 Å². The van der Waals surface area contributed by atoms with Crippen molar-refractivity contribution >= 4 is 29.1 Å². The van der Waals surface area contributed by atoms with Gasteiger partial charge in [-0.3, -0.25) is 9.59 Å². The number of rotatable bonds is 5. The molecule has 0 radical (unpaired) electrons. The van der Waals surface area contributed by atoms with Gasteiger partial charge in [-0.25, -0.2) is 4.79 Å². The summed E-state index contributed by atoms with van der Waals surface area (Å²) in [5, 5.41) is 1.92. The van der Waals surface area contributed by atoms with Gasteiger partial charge in [-0.05, 0) is 44.1 Å². The molecule has 0 aromatic carbocycles. The average molecular weight is 486 g/mol. The van der Waals surface area contributed by atoms with Crippen LogP contribution < -0.4 is 0 Å². The molecule has 3 fully saturated rings. The first-order valence-corrected chi connectivity index (χ1v) is 13.8. The van der Waals surface area contributed by atoms with E-state index >= 15 is 0 Å². The van der Waals surface area contributed by atoms with Gasteiger partial charge in [0, 0.05) is 49.9 Å². The minimum atomic E-state index is -0.480. The predicted octanol–water partition coefficient (Wildman–Crippen LogP) is 3.67. The molecule has 4 aliphatic rings. The van der Waals surface area contributed by atoms with Gasteiger partial charge in [0.1, 0.15) is 5.57 Å². The van der Waals surface area contributed by atoms with Gasteiger partial charge in [-0.1, -0.05) is 31.7 Å². The van der Waals surface area contributed by atoms with Crippen molar-refractivity contribution in [2.75, 3.05) is 32.8 Å². The highest BCUT2D eigenvalue weighted by atomic mass is 32.1. The van der Waals surface area contributed by atoms with Crippen LogP contribution in [0.1, 0.15) is 68.0 Å². The summed E-state index contributed by atoms with van der Waals surface area (Å²) in [5.74, 6) is -0.366. The van der Waals surface area contributed by atoms with Crippen molar-refractivity contribution in [2.45, 2.75) is 70.4 Å². The number of thiophene rings is 1. The molecule has 1 saturated heterocycles. The Balaban J connectivity index is 1.45.